The third kappa shape index (κ3) is 8.23. The Bertz CT molecular complexity index is 902. The molecule has 162 valence electrons. The predicted octanol–water partition coefficient (Wildman–Crippen LogP) is 3.10. The summed E-state index contributed by atoms with van der Waals surface area (Å²) >= 11 is 0. The second-order valence-corrected chi connectivity index (χ2v) is 5.20. The molecule has 3 N–H and O–H groups in total. The summed E-state index contributed by atoms with van der Waals surface area (Å²) in [5.74, 6) is -2.70. The Balaban J connectivity index is 0.000000522. The number of benzene rings is 2. The fourth-order valence-corrected chi connectivity index (χ4v) is 2.02. The lowest BCUT2D eigenvalue weighted by molar-refractivity contribution is 0.0586. The van der Waals surface area contributed by atoms with E-state index in [0.717, 1.165) is 13.2 Å². The van der Waals surface area contributed by atoms with E-state index < -0.39 is 23.6 Å². The molecule has 0 fully saturated rings. The van der Waals surface area contributed by atoms with Crippen molar-refractivity contribution < 1.29 is 33.0 Å². The molecule has 0 aromatic heterocycles. The number of hydrogen-bond donors (Lipinski definition) is 2. The fraction of sp³-hybridized carbons (Fsp3) is 0.263. The molecule has 0 saturated heterocycles. The first-order chi connectivity index (χ1) is 14.4. The molecule has 2 aromatic rings. The van der Waals surface area contributed by atoms with Crippen LogP contribution in [0.25, 0.3) is 10.4 Å². The van der Waals surface area contributed by atoms with Crippen LogP contribution in [0.4, 0.5) is 8.78 Å². The fourth-order valence-electron chi connectivity index (χ4n) is 2.02. The van der Waals surface area contributed by atoms with Gasteiger partial charge in [-0.3, -0.25) is 0 Å². The molecule has 0 aliphatic rings. The van der Waals surface area contributed by atoms with Crippen LogP contribution < -0.4 is 5.73 Å². The number of azide groups is 1. The Morgan fingerprint density at radius 2 is 1.43 bits per heavy atom. The predicted molar refractivity (Wildman–Crippen MR) is 104 cm³/mol. The zero-order valence-electron chi connectivity index (χ0n) is 16.6. The first kappa shape index (κ1) is 26.5. The summed E-state index contributed by atoms with van der Waals surface area (Å²) in [4.78, 5) is 24.7. The van der Waals surface area contributed by atoms with Crippen molar-refractivity contribution in [3.8, 4) is 0 Å². The highest BCUT2D eigenvalue weighted by Crippen LogP contribution is 2.13. The molecule has 0 aliphatic carbocycles. The van der Waals surface area contributed by atoms with Gasteiger partial charge in [-0.05, 0) is 40.9 Å². The molecule has 0 spiro atoms. The molecule has 30 heavy (non-hydrogen) atoms. The van der Waals surface area contributed by atoms with Crippen LogP contribution in [-0.2, 0) is 22.6 Å². The van der Waals surface area contributed by atoms with E-state index in [2.05, 4.69) is 19.5 Å². The Morgan fingerprint density at radius 3 is 1.83 bits per heavy atom. The Labute approximate surface area is 171 Å². The van der Waals surface area contributed by atoms with Crippen LogP contribution in [-0.4, -0.2) is 38.4 Å². The van der Waals surface area contributed by atoms with Crippen LogP contribution in [0.1, 0.15) is 31.8 Å². The van der Waals surface area contributed by atoms with Crippen LogP contribution in [0.15, 0.2) is 41.5 Å². The van der Waals surface area contributed by atoms with Crippen molar-refractivity contribution >= 4 is 11.9 Å². The molecular formula is C19H22F2N4O5. The van der Waals surface area contributed by atoms with Gasteiger partial charge in [-0.15, -0.1) is 0 Å². The zero-order valence-corrected chi connectivity index (χ0v) is 16.6. The molecule has 0 amide bonds. The van der Waals surface area contributed by atoms with Gasteiger partial charge in [0.05, 0.1) is 31.9 Å². The summed E-state index contributed by atoms with van der Waals surface area (Å²) in [7, 11) is 3.37. The lowest BCUT2D eigenvalue weighted by Crippen LogP contribution is -2.06. The molecule has 11 heteroatoms. The number of carbonyl (C=O) groups excluding carboxylic acids is 2. The van der Waals surface area contributed by atoms with E-state index in [-0.39, 0.29) is 24.2 Å². The Hall–Kier alpha value is -3.53. The number of aliphatic hydroxyl groups is 1. The monoisotopic (exact) mass is 424 g/mol. The van der Waals surface area contributed by atoms with Gasteiger partial charge in [0.1, 0.15) is 11.6 Å². The van der Waals surface area contributed by atoms with E-state index >= 15 is 0 Å². The number of halogens is 2. The van der Waals surface area contributed by atoms with Crippen molar-refractivity contribution in [1.82, 2.24) is 0 Å². The maximum absolute atomic E-state index is 13.1. The van der Waals surface area contributed by atoms with E-state index in [4.69, 9.17) is 16.4 Å². The summed E-state index contributed by atoms with van der Waals surface area (Å²) in [6, 6.07) is 8.00. The number of esters is 2. The van der Waals surface area contributed by atoms with Gasteiger partial charge in [-0.1, -0.05) is 17.2 Å². The molecule has 0 saturated carbocycles. The first-order valence-corrected chi connectivity index (χ1v) is 8.27. The van der Waals surface area contributed by atoms with Crippen LogP contribution >= 0.6 is 0 Å². The van der Waals surface area contributed by atoms with Crippen molar-refractivity contribution in [2.45, 2.75) is 13.1 Å². The average molecular weight is 424 g/mol. The Morgan fingerprint density at radius 1 is 1.00 bits per heavy atom. The van der Waals surface area contributed by atoms with Gasteiger partial charge in [-0.2, -0.15) is 0 Å². The van der Waals surface area contributed by atoms with Gasteiger partial charge in [-0.25, -0.2) is 18.4 Å². The van der Waals surface area contributed by atoms with E-state index in [1.54, 1.807) is 0 Å². The van der Waals surface area contributed by atoms with Crippen molar-refractivity contribution in [3.05, 3.63) is 80.7 Å². The molecule has 0 bridgehead atoms. The maximum Gasteiger partial charge on any atom is 0.340 e. The molecule has 0 radical (unpaired) electrons. The minimum absolute atomic E-state index is 0.0702. The number of hydrogen-bond acceptors (Lipinski definition) is 7. The van der Waals surface area contributed by atoms with Gasteiger partial charge in [0.25, 0.3) is 0 Å². The van der Waals surface area contributed by atoms with Gasteiger partial charge >= 0.3 is 11.9 Å². The number of aliphatic hydroxyl groups excluding tert-OH is 1. The van der Waals surface area contributed by atoms with Gasteiger partial charge < -0.3 is 20.3 Å². The molecule has 0 unspecified atom stereocenters. The van der Waals surface area contributed by atoms with Crippen LogP contribution in [0.2, 0.25) is 0 Å². The number of nitrogens with two attached hydrogens (primary N) is 1. The van der Waals surface area contributed by atoms with Crippen molar-refractivity contribution in [2.75, 3.05) is 21.3 Å². The quantitative estimate of drug-likeness (QED) is 0.326. The highest BCUT2D eigenvalue weighted by Gasteiger charge is 2.12. The van der Waals surface area contributed by atoms with Crippen molar-refractivity contribution in [2.24, 2.45) is 10.8 Å². The third-order valence-electron chi connectivity index (χ3n) is 3.42. The average Bonchev–Trinajstić information content (AvgIpc) is 2.79. The molecule has 0 aliphatic heterocycles. The summed E-state index contributed by atoms with van der Waals surface area (Å²) in [6.45, 7) is 0.338. The summed E-state index contributed by atoms with van der Waals surface area (Å²) in [5, 5.41) is 10.3. The largest absolute Gasteiger partial charge is 0.465 e. The van der Waals surface area contributed by atoms with E-state index in [1.807, 2.05) is 0 Å². The number of methoxy groups -OCH3 is 2. The topological polar surface area (TPSA) is 148 Å². The molecule has 2 aromatic carbocycles. The van der Waals surface area contributed by atoms with Crippen LogP contribution in [0.3, 0.4) is 0 Å². The molecule has 9 nitrogen and oxygen atoms in total. The maximum atomic E-state index is 13.1. The third-order valence-corrected chi connectivity index (χ3v) is 3.42. The molecule has 0 heterocycles. The van der Waals surface area contributed by atoms with Crippen molar-refractivity contribution in [3.63, 3.8) is 0 Å². The minimum atomic E-state index is -0.754. The molecular weight excluding hydrogens is 402 g/mol. The smallest absolute Gasteiger partial charge is 0.340 e. The normalized spacial score (nSPS) is 9.03. The summed E-state index contributed by atoms with van der Waals surface area (Å²) in [5.41, 5.74) is 14.4. The van der Waals surface area contributed by atoms with Gasteiger partial charge in [0, 0.05) is 18.6 Å². The highest BCUT2D eigenvalue weighted by molar-refractivity contribution is 5.90. The lowest BCUT2D eigenvalue weighted by Gasteiger charge is -2.02. The Kier molecular flexibility index (Phi) is 12.8. The van der Waals surface area contributed by atoms with Crippen LogP contribution in [0.5, 0.6) is 0 Å². The van der Waals surface area contributed by atoms with Gasteiger partial charge in [0.15, 0.2) is 0 Å². The van der Waals surface area contributed by atoms with E-state index in [9.17, 15) is 18.4 Å². The van der Waals surface area contributed by atoms with E-state index in [0.29, 0.717) is 11.1 Å². The SMILES string of the molecule is CO.COC(=O)c1cc(CN)ccc1F.COC(=O)c1cc(CN=[N+]=[N-])ccc1F. The summed E-state index contributed by atoms with van der Waals surface area (Å²) < 4.78 is 34.9. The van der Waals surface area contributed by atoms with Gasteiger partial charge in [0.2, 0.25) is 0 Å². The number of rotatable bonds is 5. The number of nitrogens with zero attached hydrogens (tertiary/aromatic N) is 3. The minimum Gasteiger partial charge on any atom is -0.465 e. The number of carbonyl (C=O) groups is 2. The zero-order chi connectivity index (χ0) is 23.1. The standard InChI is InChI=1S/C9H8FN3O2.C9H10FNO2.CH4O/c1-15-9(14)7-4-6(5-12-13-11)2-3-8(7)10;1-13-9(12)7-4-6(5-11)2-3-8(7)10;1-2/h2-4H,5H2,1H3;2-4H,5,11H2,1H3;2H,1H3. The van der Waals surface area contributed by atoms with Crippen molar-refractivity contribution in [1.29, 1.82) is 0 Å². The summed E-state index contributed by atoms with van der Waals surface area (Å²) in [6.07, 6.45) is 0. The molecule has 2 rings (SSSR count). The van der Waals surface area contributed by atoms with E-state index in [1.165, 1.54) is 44.6 Å². The second kappa shape index (κ2) is 14.5. The first-order valence-electron chi connectivity index (χ1n) is 8.27. The second-order valence-electron chi connectivity index (χ2n) is 5.20. The molecule has 0 atom stereocenters. The highest BCUT2D eigenvalue weighted by atomic mass is 19.1. The number of ether oxygens (including phenoxy) is 2. The lowest BCUT2D eigenvalue weighted by atomic mass is 10.1. The van der Waals surface area contributed by atoms with Crippen LogP contribution in [0, 0.1) is 11.6 Å².